The van der Waals surface area contributed by atoms with E-state index in [1.54, 1.807) is 18.3 Å². The third-order valence-electron chi connectivity index (χ3n) is 2.83. The van der Waals surface area contributed by atoms with Gasteiger partial charge in [-0.2, -0.15) is 0 Å². The number of nitrogens with zero attached hydrogens (tertiary/aromatic N) is 2. The van der Waals surface area contributed by atoms with Crippen molar-refractivity contribution >= 4 is 50.7 Å². The molecule has 24 heavy (non-hydrogen) atoms. The van der Waals surface area contributed by atoms with Gasteiger partial charge in [-0.15, -0.1) is 0 Å². The summed E-state index contributed by atoms with van der Waals surface area (Å²) < 4.78 is 5.69. The summed E-state index contributed by atoms with van der Waals surface area (Å²) in [5.41, 5.74) is -0.228. The number of anilines is 1. The average molecular weight is 411 g/mol. The largest absolute Gasteiger partial charge is 0.490 e. The van der Waals surface area contributed by atoms with Crippen molar-refractivity contribution in [2.75, 3.05) is 12.4 Å². The number of thiocarbonyl (C=S) groups is 1. The van der Waals surface area contributed by atoms with E-state index in [1.807, 2.05) is 0 Å². The van der Waals surface area contributed by atoms with Gasteiger partial charge in [-0.25, -0.2) is 4.98 Å². The number of pyridine rings is 1. The first-order chi connectivity index (χ1) is 11.4. The van der Waals surface area contributed by atoms with Crippen molar-refractivity contribution in [1.82, 2.24) is 10.3 Å². The number of benzene rings is 1. The maximum absolute atomic E-state index is 12.1. The van der Waals surface area contributed by atoms with Gasteiger partial charge in [0.1, 0.15) is 5.82 Å². The maximum atomic E-state index is 12.1. The summed E-state index contributed by atoms with van der Waals surface area (Å²) in [6, 6.07) is 7.30. The zero-order valence-electron chi connectivity index (χ0n) is 12.3. The van der Waals surface area contributed by atoms with Gasteiger partial charge in [0.05, 0.1) is 12.0 Å². The van der Waals surface area contributed by atoms with Crippen molar-refractivity contribution in [3.8, 4) is 5.75 Å². The van der Waals surface area contributed by atoms with Crippen molar-refractivity contribution in [1.29, 1.82) is 0 Å². The second kappa shape index (κ2) is 7.79. The van der Waals surface area contributed by atoms with Crippen LogP contribution in [0.3, 0.4) is 0 Å². The molecule has 0 saturated carbocycles. The molecule has 0 bridgehead atoms. The molecular weight excluding hydrogens is 400 g/mol. The third kappa shape index (κ3) is 4.46. The Kier molecular flexibility index (Phi) is 5.77. The molecule has 1 aromatic carbocycles. The van der Waals surface area contributed by atoms with E-state index >= 15 is 0 Å². The van der Waals surface area contributed by atoms with E-state index in [1.165, 1.54) is 19.2 Å². The first-order valence-corrected chi connectivity index (χ1v) is 7.67. The van der Waals surface area contributed by atoms with Gasteiger partial charge in [0.15, 0.2) is 10.9 Å². The zero-order valence-corrected chi connectivity index (χ0v) is 14.7. The van der Waals surface area contributed by atoms with Gasteiger partial charge in [-0.1, -0.05) is 0 Å². The molecule has 0 aliphatic carbocycles. The second-order valence-electron chi connectivity index (χ2n) is 4.41. The zero-order chi connectivity index (χ0) is 17.7. The Morgan fingerprint density at radius 3 is 2.71 bits per heavy atom. The Labute approximate surface area is 150 Å². The minimum atomic E-state index is -0.627. The molecule has 8 nitrogen and oxygen atoms in total. The second-order valence-corrected chi connectivity index (χ2v) is 5.74. The lowest BCUT2D eigenvalue weighted by Crippen LogP contribution is -2.34. The fourth-order valence-electron chi connectivity index (χ4n) is 1.75. The quantitative estimate of drug-likeness (QED) is 0.453. The first kappa shape index (κ1) is 17.8. The van der Waals surface area contributed by atoms with E-state index in [-0.39, 0.29) is 22.1 Å². The summed E-state index contributed by atoms with van der Waals surface area (Å²) >= 11 is 8.28. The number of ether oxygens (including phenoxy) is 1. The number of methoxy groups -OCH3 is 1. The number of carbonyl (C=O) groups is 1. The van der Waals surface area contributed by atoms with Crippen LogP contribution in [0.5, 0.6) is 5.75 Å². The van der Waals surface area contributed by atoms with Crippen molar-refractivity contribution in [3.63, 3.8) is 0 Å². The number of amides is 1. The van der Waals surface area contributed by atoms with Crippen LogP contribution in [0, 0.1) is 10.1 Å². The Hall–Kier alpha value is -2.59. The topological polar surface area (TPSA) is 106 Å². The van der Waals surface area contributed by atoms with Crippen molar-refractivity contribution in [3.05, 3.63) is 56.7 Å². The van der Waals surface area contributed by atoms with Crippen LogP contribution in [-0.2, 0) is 0 Å². The van der Waals surface area contributed by atoms with Crippen LogP contribution in [0.25, 0.3) is 0 Å². The molecule has 1 heterocycles. The number of nitro benzene ring substituents is 1. The summed E-state index contributed by atoms with van der Waals surface area (Å²) in [6.07, 6.45) is 1.57. The number of aromatic nitrogens is 1. The molecule has 124 valence electrons. The highest BCUT2D eigenvalue weighted by Crippen LogP contribution is 2.27. The van der Waals surface area contributed by atoms with Gasteiger partial charge < -0.3 is 10.1 Å². The van der Waals surface area contributed by atoms with E-state index < -0.39 is 10.8 Å². The summed E-state index contributed by atoms with van der Waals surface area (Å²) in [4.78, 5) is 26.6. The summed E-state index contributed by atoms with van der Waals surface area (Å²) in [5, 5.41) is 16.2. The first-order valence-electron chi connectivity index (χ1n) is 6.47. The number of nitrogens with one attached hydrogen (secondary N) is 2. The van der Waals surface area contributed by atoms with Crippen LogP contribution >= 0.6 is 28.1 Å². The third-order valence-corrected chi connectivity index (χ3v) is 3.51. The van der Waals surface area contributed by atoms with Gasteiger partial charge in [0, 0.05) is 22.3 Å². The van der Waals surface area contributed by atoms with Gasteiger partial charge in [0.2, 0.25) is 0 Å². The molecule has 2 N–H and O–H groups in total. The Morgan fingerprint density at radius 1 is 1.38 bits per heavy atom. The van der Waals surface area contributed by atoms with Crippen molar-refractivity contribution in [2.24, 2.45) is 0 Å². The summed E-state index contributed by atoms with van der Waals surface area (Å²) in [5.74, 6) is -0.0732. The van der Waals surface area contributed by atoms with Gasteiger partial charge >= 0.3 is 5.69 Å². The molecule has 2 aromatic rings. The average Bonchev–Trinajstić information content (AvgIpc) is 2.56. The number of nitro groups is 1. The van der Waals surface area contributed by atoms with Crippen LogP contribution in [0.15, 0.2) is 41.0 Å². The summed E-state index contributed by atoms with van der Waals surface area (Å²) in [6.45, 7) is 0. The SMILES string of the molecule is COc1ccc(C(=O)NC(=S)Nc2ccc(Br)cn2)cc1[N+](=O)[O-]. The monoisotopic (exact) mass is 410 g/mol. The lowest BCUT2D eigenvalue weighted by Gasteiger charge is -2.09. The number of rotatable bonds is 4. The molecule has 2 rings (SSSR count). The summed E-state index contributed by atoms with van der Waals surface area (Å²) in [7, 11) is 1.31. The van der Waals surface area contributed by atoms with Crippen LogP contribution in [0.4, 0.5) is 11.5 Å². The van der Waals surface area contributed by atoms with Crippen LogP contribution in [0.1, 0.15) is 10.4 Å². The predicted octanol–water partition coefficient (Wildman–Crippen LogP) is 2.89. The molecular formula is C14H11BrN4O4S. The van der Waals surface area contributed by atoms with Crippen LogP contribution < -0.4 is 15.4 Å². The fraction of sp³-hybridized carbons (Fsp3) is 0.0714. The van der Waals surface area contributed by atoms with E-state index in [0.717, 1.165) is 10.5 Å². The molecule has 0 spiro atoms. The van der Waals surface area contributed by atoms with Gasteiger partial charge in [0.25, 0.3) is 5.91 Å². The van der Waals surface area contributed by atoms with E-state index in [2.05, 4.69) is 31.5 Å². The normalized spacial score (nSPS) is 9.92. The lowest BCUT2D eigenvalue weighted by atomic mass is 10.2. The molecule has 10 heteroatoms. The lowest BCUT2D eigenvalue weighted by molar-refractivity contribution is -0.385. The molecule has 0 radical (unpaired) electrons. The Balaban J connectivity index is 2.08. The predicted molar refractivity (Wildman–Crippen MR) is 95.3 cm³/mol. The van der Waals surface area contributed by atoms with Crippen LogP contribution in [0.2, 0.25) is 0 Å². The van der Waals surface area contributed by atoms with Crippen LogP contribution in [-0.4, -0.2) is 28.0 Å². The molecule has 1 amide bonds. The molecule has 0 saturated heterocycles. The molecule has 0 aliphatic rings. The number of carbonyl (C=O) groups excluding carboxylic acids is 1. The fourth-order valence-corrected chi connectivity index (χ4v) is 2.18. The molecule has 0 atom stereocenters. The minimum Gasteiger partial charge on any atom is -0.490 e. The minimum absolute atomic E-state index is 0.0216. The standard InChI is InChI=1S/C14H11BrN4O4S/c1-23-11-4-2-8(6-10(11)19(21)22)13(20)18-14(24)17-12-5-3-9(15)7-16-12/h2-7H,1H3,(H2,16,17,18,20,24). The smallest absolute Gasteiger partial charge is 0.311 e. The highest BCUT2D eigenvalue weighted by Gasteiger charge is 2.18. The highest BCUT2D eigenvalue weighted by atomic mass is 79.9. The van der Waals surface area contributed by atoms with Crippen molar-refractivity contribution < 1.29 is 14.5 Å². The number of hydrogen-bond donors (Lipinski definition) is 2. The van der Waals surface area contributed by atoms with E-state index in [4.69, 9.17) is 17.0 Å². The molecule has 1 aromatic heterocycles. The van der Waals surface area contributed by atoms with Gasteiger partial charge in [-0.3, -0.25) is 20.2 Å². The number of halogens is 1. The molecule has 0 fully saturated rings. The highest BCUT2D eigenvalue weighted by molar-refractivity contribution is 9.10. The molecule has 0 aliphatic heterocycles. The van der Waals surface area contributed by atoms with Gasteiger partial charge in [-0.05, 0) is 52.4 Å². The van der Waals surface area contributed by atoms with Crippen molar-refractivity contribution in [2.45, 2.75) is 0 Å². The maximum Gasteiger partial charge on any atom is 0.311 e. The Bertz CT molecular complexity index is 798. The van der Waals surface area contributed by atoms with E-state index in [0.29, 0.717) is 5.82 Å². The molecule has 0 unspecified atom stereocenters. The Morgan fingerprint density at radius 2 is 2.12 bits per heavy atom. The van der Waals surface area contributed by atoms with E-state index in [9.17, 15) is 14.9 Å². The number of hydrogen-bond acceptors (Lipinski definition) is 6.